The molecule has 1 fully saturated rings. The van der Waals surface area contributed by atoms with Crippen LogP contribution in [0.3, 0.4) is 0 Å². The molecule has 3 aromatic heterocycles. The number of nitrogens with zero attached hydrogens (tertiary/aromatic N) is 2. The Balaban J connectivity index is 0.905. The summed E-state index contributed by atoms with van der Waals surface area (Å²) in [7, 11) is 2.11. The van der Waals surface area contributed by atoms with Crippen LogP contribution in [0.4, 0.5) is 11.4 Å². The number of rotatable bonds is 16. The van der Waals surface area contributed by atoms with Crippen molar-refractivity contribution < 1.29 is 34.3 Å². The molecule has 14 nitrogen and oxygen atoms in total. The van der Waals surface area contributed by atoms with Crippen molar-refractivity contribution in [2.75, 3.05) is 45.2 Å². The van der Waals surface area contributed by atoms with Crippen molar-refractivity contribution in [2.45, 2.75) is 62.5 Å². The average Bonchev–Trinajstić information content (AvgIpc) is 3.97. The molecule has 1 saturated carbocycles. The maximum atomic E-state index is 13.4. The lowest BCUT2D eigenvalue weighted by Crippen LogP contribution is -2.42. The fourth-order valence-electron chi connectivity index (χ4n) is 7.51. The Kier molecular flexibility index (Phi) is 12.3. The van der Waals surface area contributed by atoms with Gasteiger partial charge in [0.1, 0.15) is 36.4 Å². The highest BCUT2D eigenvalue weighted by Crippen LogP contribution is 2.47. The van der Waals surface area contributed by atoms with Gasteiger partial charge in [-0.3, -0.25) is 4.79 Å². The molecular weight excluding hydrogens is 757 g/mol. The topological polar surface area (TPSA) is 202 Å². The van der Waals surface area contributed by atoms with E-state index in [4.69, 9.17) is 19.7 Å². The lowest BCUT2D eigenvalue weighted by atomic mass is 9.91. The molecule has 0 bridgehead atoms. The van der Waals surface area contributed by atoms with Crippen LogP contribution in [-0.2, 0) is 21.7 Å². The number of aliphatic hydroxyl groups excluding tert-OH is 1. The van der Waals surface area contributed by atoms with Gasteiger partial charge < -0.3 is 50.0 Å². The number of phenols is 1. The first-order chi connectivity index (χ1) is 27.2. The second-order valence-electron chi connectivity index (χ2n) is 14.1. The minimum atomic E-state index is -1.80. The number of carbonyl (C=O) groups is 1. The Hall–Kier alpha value is -4.84. The molecule has 1 aliphatic heterocycles. The van der Waals surface area contributed by atoms with Crippen molar-refractivity contribution in [3.63, 3.8) is 0 Å². The highest BCUT2D eigenvalue weighted by atomic mass is 32.1. The number of aromatic nitrogens is 1. The number of hydrogen-bond acceptors (Lipinski definition) is 15. The zero-order chi connectivity index (χ0) is 39.2. The number of pyridine rings is 1. The summed E-state index contributed by atoms with van der Waals surface area (Å²) in [5, 5.41) is 47.6. The summed E-state index contributed by atoms with van der Waals surface area (Å²) in [6, 6.07) is 15.3. The second-order valence-corrected chi connectivity index (χ2v) is 16.0. The summed E-state index contributed by atoms with van der Waals surface area (Å²) in [5.74, 6) is 0.359. The van der Waals surface area contributed by atoms with E-state index in [1.54, 1.807) is 30.3 Å². The third-order valence-corrected chi connectivity index (χ3v) is 12.4. The number of aromatic amines is 1. The van der Waals surface area contributed by atoms with Crippen molar-refractivity contribution in [3.8, 4) is 17.2 Å². The molecule has 0 saturated heterocycles. The summed E-state index contributed by atoms with van der Waals surface area (Å²) in [5.41, 5.74) is 8.35. The quantitative estimate of drug-likeness (QED) is 0.0343. The van der Waals surface area contributed by atoms with Gasteiger partial charge in [0.2, 0.25) is 11.2 Å². The normalized spacial score (nSPS) is 17.5. The Morgan fingerprint density at radius 1 is 1.07 bits per heavy atom. The minimum Gasteiger partial charge on any atom is -0.506 e. The van der Waals surface area contributed by atoms with Gasteiger partial charge in [-0.2, -0.15) is 5.11 Å². The predicted molar refractivity (Wildman–Crippen MR) is 215 cm³/mol. The molecule has 1 aliphatic carbocycles. The summed E-state index contributed by atoms with van der Waals surface area (Å²) < 4.78 is 18.0. The van der Waals surface area contributed by atoms with E-state index in [0.29, 0.717) is 75.9 Å². The number of aromatic hydroxyl groups is 1. The number of anilines is 1. The van der Waals surface area contributed by atoms with Crippen LogP contribution < -0.4 is 25.7 Å². The molecule has 0 spiro atoms. The van der Waals surface area contributed by atoms with Crippen molar-refractivity contribution in [1.82, 2.24) is 15.2 Å². The third kappa shape index (κ3) is 8.31. The fraction of sp³-hybridized carbons (Fsp3) is 0.400. The van der Waals surface area contributed by atoms with E-state index in [2.05, 4.69) is 32.7 Å². The van der Waals surface area contributed by atoms with Crippen LogP contribution in [0.15, 0.2) is 75.3 Å². The predicted octanol–water partition coefficient (Wildman–Crippen LogP) is 6.14. The number of benzene rings is 2. The van der Waals surface area contributed by atoms with Gasteiger partial charge in [-0.1, -0.05) is 18.2 Å². The van der Waals surface area contributed by atoms with Gasteiger partial charge in [0.15, 0.2) is 11.5 Å². The molecule has 56 heavy (non-hydrogen) atoms. The van der Waals surface area contributed by atoms with Gasteiger partial charge in [0.05, 0.1) is 21.4 Å². The van der Waals surface area contributed by atoms with Gasteiger partial charge in [0, 0.05) is 42.7 Å². The summed E-state index contributed by atoms with van der Waals surface area (Å²) in [6.07, 6.45) is 2.80. The van der Waals surface area contributed by atoms with E-state index in [9.17, 15) is 24.9 Å². The zero-order valence-corrected chi connectivity index (χ0v) is 32.6. The van der Waals surface area contributed by atoms with E-state index in [1.165, 1.54) is 34.8 Å². The van der Waals surface area contributed by atoms with Crippen molar-refractivity contribution in [3.05, 3.63) is 96.6 Å². The van der Waals surface area contributed by atoms with Crippen LogP contribution in [0.25, 0.3) is 10.9 Å². The number of nitrogens with one attached hydrogen (secondary N) is 4. The van der Waals surface area contributed by atoms with Crippen molar-refractivity contribution in [1.29, 1.82) is 5.53 Å². The maximum absolute atomic E-state index is 13.4. The molecule has 296 valence electrons. The van der Waals surface area contributed by atoms with Crippen LogP contribution in [0.1, 0.15) is 59.1 Å². The number of esters is 1. The first kappa shape index (κ1) is 39.4. The Bertz CT molecular complexity index is 2150. The Morgan fingerprint density at radius 3 is 2.46 bits per heavy atom. The van der Waals surface area contributed by atoms with Gasteiger partial charge in [-0.15, -0.1) is 22.7 Å². The molecule has 7 rings (SSSR count). The number of aliphatic hydroxyl groups is 2. The maximum Gasteiger partial charge on any atom is 0.349 e. The highest BCUT2D eigenvalue weighted by molar-refractivity contribution is 7.12. The van der Waals surface area contributed by atoms with E-state index < -0.39 is 17.7 Å². The number of phenolic OH excluding ortho intramolecular Hbond substituents is 1. The summed E-state index contributed by atoms with van der Waals surface area (Å²) >= 11 is 2.67. The fourth-order valence-corrected chi connectivity index (χ4v) is 9.23. The van der Waals surface area contributed by atoms with E-state index in [0.717, 1.165) is 44.2 Å². The lowest BCUT2D eigenvalue weighted by Gasteiger charge is -2.35. The van der Waals surface area contributed by atoms with Crippen LogP contribution in [0, 0.1) is 5.53 Å². The zero-order valence-electron chi connectivity index (χ0n) is 31.0. The van der Waals surface area contributed by atoms with Gasteiger partial charge in [-0.25, -0.2) is 10.3 Å². The number of ether oxygens (including phenoxy) is 3. The Morgan fingerprint density at radius 2 is 1.79 bits per heavy atom. The number of carbonyl (C=O) groups excluding carboxylic acids is 1. The molecule has 7 N–H and O–H groups in total. The highest BCUT2D eigenvalue weighted by Gasteiger charge is 2.45. The molecule has 5 aromatic rings. The number of H-pyrrole nitrogens is 1. The van der Waals surface area contributed by atoms with Gasteiger partial charge in [-0.05, 0) is 92.4 Å². The number of thiophene rings is 2. The van der Waals surface area contributed by atoms with Gasteiger partial charge in [0.25, 0.3) is 0 Å². The van der Waals surface area contributed by atoms with E-state index >= 15 is 0 Å². The van der Waals surface area contributed by atoms with Crippen LogP contribution in [-0.4, -0.2) is 83.2 Å². The molecule has 0 amide bonds. The third-order valence-electron chi connectivity index (χ3n) is 10.5. The summed E-state index contributed by atoms with van der Waals surface area (Å²) in [6.45, 7) is 2.61. The smallest absolute Gasteiger partial charge is 0.349 e. The van der Waals surface area contributed by atoms with Crippen molar-refractivity contribution in [2.24, 2.45) is 5.11 Å². The molecule has 2 aromatic carbocycles. The molecular formula is C40H46N6O8S2. The standard InChI is InChI=1S/C40H46N6O8S2/c1-46(25-7-9-26(10-8-25)54-39(50)40(51,32-5-2-19-55-32)33-6-3-20-56-33)16-4-15-43-36-29(45-41)21-24(37-38(36)53-18-17-52-37)22-42-23-31(48)27-11-13-30(47)35-28(27)12-14-34(49)44-35/h2-3,5-6,11-14,19-21,25-26,31,41-43,47-48,51H,4,7-10,15-18,22-23H2,1H3,(H,44,49)/t25-,26-,31-/m0/s1. The van der Waals surface area contributed by atoms with Crippen LogP contribution >= 0.6 is 22.7 Å². The first-order valence-corrected chi connectivity index (χ1v) is 20.5. The van der Waals surface area contributed by atoms with E-state index in [1.807, 2.05) is 22.9 Å². The average molecular weight is 803 g/mol. The molecule has 0 radical (unpaired) electrons. The molecule has 16 heteroatoms. The second kappa shape index (κ2) is 17.5. The lowest BCUT2D eigenvalue weighted by molar-refractivity contribution is -0.169. The number of fused-ring (bicyclic) bond motifs is 2. The first-order valence-electron chi connectivity index (χ1n) is 18.7. The van der Waals surface area contributed by atoms with Crippen molar-refractivity contribution >= 4 is 50.9 Å². The van der Waals surface area contributed by atoms with Crippen LogP contribution in [0.2, 0.25) is 0 Å². The molecule has 1 atom stereocenters. The SMILES string of the molecule is CN(CCCNc1c(N=N)cc(CNC[C@H](O)c2ccc(O)c3[nH]c(=O)ccc23)c2c1OCCO2)[C@H]1CC[C@H](OC(=O)C(O)(c2cccs2)c2cccs2)CC1. The molecule has 0 unspecified atom stereocenters. The van der Waals surface area contributed by atoms with E-state index in [-0.39, 0.29) is 29.5 Å². The monoisotopic (exact) mass is 802 g/mol. The summed E-state index contributed by atoms with van der Waals surface area (Å²) in [4.78, 5) is 31.3. The minimum absolute atomic E-state index is 0.0759. The van der Waals surface area contributed by atoms with Crippen LogP contribution in [0.5, 0.6) is 17.2 Å². The molecule has 2 aliphatic rings. The van der Waals surface area contributed by atoms with Gasteiger partial charge >= 0.3 is 5.97 Å². The molecule has 4 heterocycles. The largest absolute Gasteiger partial charge is 0.506 e. The Labute approximate surface area is 331 Å². The number of hydrogen-bond donors (Lipinski definition) is 7.